The number of ketones is 1. The highest BCUT2D eigenvalue weighted by atomic mass is 31.2. The highest BCUT2D eigenvalue weighted by Crippen LogP contribution is 2.69. The number of allylic oxidation sites excluding steroid dienone is 1. The SMILES string of the molecule is CC(C)c1cc(C(C)C)c([P+]2(c3c(C(C)C)cc(C(C)C)cc3C(C)C)CCC[B-](c3c(F)c(F)c(F)c(F)c3F)(c3c(F)c(F)c(F)c(F)c3F)OC(c3ccccc3)=C=C2C(=O)c2ccccc2)c(C(C)C)c1. The summed E-state index contributed by atoms with van der Waals surface area (Å²) in [6.07, 6.45) is -6.74. The number of carbonyl (C=O) groups is 1. The molecule has 14 heteroatoms. The molecule has 7 rings (SSSR count). The molecule has 1 heterocycles. The molecule has 75 heavy (non-hydrogen) atoms. The second-order valence-electron chi connectivity index (χ2n) is 21.6. The summed E-state index contributed by atoms with van der Waals surface area (Å²) in [5.41, 5.74) is 4.82. The Morgan fingerprint density at radius 1 is 0.480 bits per heavy atom. The van der Waals surface area contributed by atoms with Gasteiger partial charge in [0.15, 0.2) is 40.2 Å². The van der Waals surface area contributed by atoms with Crippen molar-refractivity contribution in [1.29, 1.82) is 0 Å². The van der Waals surface area contributed by atoms with Gasteiger partial charge in [0.25, 0.3) is 0 Å². The van der Waals surface area contributed by atoms with Gasteiger partial charge in [-0.05, 0) is 81.0 Å². The topological polar surface area (TPSA) is 26.3 Å². The van der Waals surface area contributed by atoms with Gasteiger partial charge in [0.2, 0.25) is 12.1 Å². The fraction of sp³-hybridized carbons (Fsp3) is 0.344. The summed E-state index contributed by atoms with van der Waals surface area (Å²) in [6, 6.07) is 24.0. The van der Waals surface area contributed by atoms with Crippen LogP contribution in [0.4, 0.5) is 43.9 Å². The van der Waals surface area contributed by atoms with Gasteiger partial charge >= 0.3 is 0 Å². The van der Waals surface area contributed by atoms with Gasteiger partial charge in [-0.15, -0.1) is 6.32 Å². The molecule has 1 aliphatic rings. The Labute approximate surface area is 434 Å². The van der Waals surface area contributed by atoms with Crippen LogP contribution < -0.4 is 21.5 Å². The van der Waals surface area contributed by atoms with Gasteiger partial charge in [-0.3, -0.25) is 4.79 Å². The van der Waals surface area contributed by atoms with E-state index in [0.29, 0.717) is 0 Å². The molecule has 396 valence electrons. The standard InChI is InChI=1S/C61H62BF10O2P/c1-31(2)39-26-41(33(5)6)60(42(27-39)34(7)8)75(61-43(35(9)10)28-40(32(3)4)29-44(61)36(11)12)25-19-24-62(47-49(63)53(67)57(71)54(68)50(47)64,48-51(65)55(69)58(72)56(70)52(48)66)74-45(37-20-15-13-16-21-37)30-46(75)59(73)38-22-17-14-18-23-38/h13-18,20-23,26-29,31-36H,19,24-25H2,1-12H3. The van der Waals surface area contributed by atoms with Crippen molar-refractivity contribution in [3.63, 3.8) is 0 Å². The molecule has 6 aromatic rings. The van der Waals surface area contributed by atoms with Crippen LogP contribution >= 0.6 is 7.26 Å². The van der Waals surface area contributed by atoms with E-state index >= 15 is 48.7 Å². The minimum absolute atomic E-state index is 0.0106. The summed E-state index contributed by atoms with van der Waals surface area (Å²) < 4.78 is 169. The molecule has 0 atom stereocenters. The summed E-state index contributed by atoms with van der Waals surface area (Å²) in [5.74, 6) is -28.3. The first-order valence-electron chi connectivity index (χ1n) is 25.5. The van der Waals surface area contributed by atoms with Crippen molar-refractivity contribution < 1.29 is 53.4 Å². The molecule has 0 radical (unpaired) electrons. The fourth-order valence-corrected chi connectivity index (χ4v) is 16.6. The van der Waals surface area contributed by atoms with E-state index in [1.807, 2.05) is 55.4 Å². The largest absolute Gasteiger partial charge is 0.699 e. The van der Waals surface area contributed by atoms with E-state index in [0.717, 1.165) is 44.0 Å². The van der Waals surface area contributed by atoms with Crippen molar-refractivity contribution in [2.24, 2.45) is 0 Å². The quantitative estimate of drug-likeness (QED) is 0.0219. The lowest BCUT2D eigenvalue weighted by Gasteiger charge is -2.44. The summed E-state index contributed by atoms with van der Waals surface area (Å²) in [6.45, 7) is 24.4. The van der Waals surface area contributed by atoms with Gasteiger partial charge in [-0.1, -0.05) is 179 Å². The fourth-order valence-electron chi connectivity index (χ4n) is 10.8. The normalized spacial score (nSPS) is 14.9. The summed E-state index contributed by atoms with van der Waals surface area (Å²) in [5, 5.41) is 1.49. The van der Waals surface area contributed by atoms with Crippen LogP contribution in [0.3, 0.4) is 0 Å². The average Bonchev–Trinajstić information content (AvgIpc) is 3.45. The minimum atomic E-state index is -4.88. The molecule has 2 nitrogen and oxygen atoms in total. The van der Waals surface area contributed by atoms with Crippen molar-refractivity contribution >= 4 is 46.7 Å². The van der Waals surface area contributed by atoms with Crippen LogP contribution in [0.15, 0.2) is 96.0 Å². The molecule has 0 fully saturated rings. The zero-order chi connectivity index (χ0) is 55.3. The zero-order valence-corrected chi connectivity index (χ0v) is 45.2. The third-order valence-corrected chi connectivity index (χ3v) is 19.3. The number of halogens is 10. The highest BCUT2D eigenvalue weighted by Gasteiger charge is 2.58. The van der Waals surface area contributed by atoms with Gasteiger partial charge in [0.05, 0.1) is 6.16 Å². The van der Waals surface area contributed by atoms with E-state index in [2.05, 4.69) is 57.7 Å². The Kier molecular flexibility index (Phi) is 16.7. The lowest BCUT2D eigenvalue weighted by atomic mass is 9.29. The summed E-state index contributed by atoms with van der Waals surface area (Å²) >= 11 is 0. The second kappa shape index (κ2) is 22.0. The Bertz CT molecular complexity index is 2990. The lowest BCUT2D eigenvalue weighted by Crippen LogP contribution is -2.65. The van der Waals surface area contributed by atoms with E-state index in [-0.39, 0.29) is 58.1 Å². The molecular weight excluding hydrogens is 996 g/mol. The molecule has 0 amide bonds. The van der Waals surface area contributed by atoms with Crippen LogP contribution in [-0.2, 0) is 4.65 Å². The third-order valence-electron chi connectivity index (χ3n) is 14.7. The maximum atomic E-state index is 17.0. The molecule has 1 aliphatic heterocycles. The van der Waals surface area contributed by atoms with Gasteiger partial charge in [-0.2, -0.15) is 0 Å². The van der Waals surface area contributed by atoms with Crippen molar-refractivity contribution in [2.75, 3.05) is 6.16 Å². The van der Waals surface area contributed by atoms with Crippen LogP contribution in [0.2, 0.25) is 6.32 Å². The number of hydrogen-bond acceptors (Lipinski definition) is 2. The van der Waals surface area contributed by atoms with Crippen molar-refractivity contribution in [3.8, 4) is 0 Å². The van der Waals surface area contributed by atoms with Gasteiger partial charge < -0.3 is 4.65 Å². The molecule has 0 saturated carbocycles. The highest BCUT2D eigenvalue weighted by molar-refractivity contribution is 7.94. The lowest BCUT2D eigenvalue weighted by molar-refractivity contribution is 0.104. The van der Waals surface area contributed by atoms with Gasteiger partial charge in [0, 0.05) is 11.1 Å². The monoisotopic (exact) mass is 1060 g/mol. The molecule has 0 unspecified atom stereocenters. The Morgan fingerprint density at radius 2 is 0.813 bits per heavy atom. The summed E-state index contributed by atoms with van der Waals surface area (Å²) in [7, 11) is -3.92. The van der Waals surface area contributed by atoms with Gasteiger partial charge in [0.1, 0.15) is 46.9 Å². The smallest absolute Gasteiger partial charge is 0.236 e. The van der Waals surface area contributed by atoms with Crippen molar-refractivity contribution in [1.82, 2.24) is 0 Å². The van der Waals surface area contributed by atoms with Crippen molar-refractivity contribution in [3.05, 3.63) is 199 Å². The van der Waals surface area contributed by atoms with E-state index in [1.165, 1.54) is 24.3 Å². The molecular formula is C61H62BF10O2P. The molecule has 0 N–H and O–H groups in total. The van der Waals surface area contributed by atoms with E-state index in [4.69, 9.17) is 4.65 Å². The average molecular weight is 1060 g/mol. The molecule has 0 bridgehead atoms. The van der Waals surface area contributed by atoms with Crippen LogP contribution in [0.1, 0.15) is 174 Å². The van der Waals surface area contributed by atoms with E-state index in [1.54, 1.807) is 36.4 Å². The first kappa shape index (κ1) is 56.8. The number of hydrogen-bond donors (Lipinski definition) is 0. The molecule has 0 aliphatic carbocycles. The molecule has 6 aromatic carbocycles. The predicted molar refractivity (Wildman–Crippen MR) is 284 cm³/mol. The first-order valence-corrected chi connectivity index (χ1v) is 27.5. The number of Topliss-reactive ketones (excluding diaryl/α,β-unsaturated/α-hetero) is 1. The Balaban J connectivity index is 1.90. The van der Waals surface area contributed by atoms with Crippen molar-refractivity contribution in [2.45, 2.75) is 131 Å². The van der Waals surface area contributed by atoms with Crippen LogP contribution in [0.5, 0.6) is 0 Å². The first-order chi connectivity index (χ1) is 35.2. The predicted octanol–water partition coefficient (Wildman–Crippen LogP) is 16.4. The van der Waals surface area contributed by atoms with Gasteiger partial charge in [-0.25, -0.2) is 43.9 Å². The maximum Gasteiger partial charge on any atom is 0.236 e. The third kappa shape index (κ3) is 9.93. The Morgan fingerprint density at radius 3 is 1.15 bits per heavy atom. The van der Waals surface area contributed by atoms with Crippen LogP contribution in [-0.4, -0.2) is 18.3 Å². The second-order valence-corrected chi connectivity index (χ2v) is 25.0. The van der Waals surface area contributed by atoms with E-state index < -0.39 is 107 Å². The Hall–Kier alpha value is -5.90. The molecule has 0 spiro atoms. The summed E-state index contributed by atoms with van der Waals surface area (Å²) in [4.78, 5) is 16.5. The zero-order valence-electron chi connectivity index (χ0n) is 44.3. The minimum Gasteiger partial charge on any atom is -0.699 e. The van der Waals surface area contributed by atoms with E-state index in [9.17, 15) is 0 Å². The number of carbonyl (C=O) groups excluding carboxylic acids is 1. The number of rotatable bonds is 13. The van der Waals surface area contributed by atoms with Crippen LogP contribution in [0, 0.1) is 58.2 Å². The number of benzene rings is 6. The maximum absolute atomic E-state index is 17.0. The molecule has 0 aromatic heterocycles. The van der Waals surface area contributed by atoms with Crippen LogP contribution in [0.25, 0.3) is 5.76 Å². The molecule has 0 saturated heterocycles.